The maximum atomic E-state index is 2.72. The minimum atomic E-state index is -0.651. The van der Waals surface area contributed by atoms with E-state index < -0.39 is 5.41 Å². The summed E-state index contributed by atoms with van der Waals surface area (Å²) in [5.74, 6) is 0.280. The molecule has 0 atom stereocenters. The van der Waals surface area contributed by atoms with E-state index in [0.717, 1.165) is 17.1 Å². The summed E-state index contributed by atoms with van der Waals surface area (Å²) in [6.07, 6.45) is 0. The molecule has 3 heterocycles. The predicted octanol–water partition coefficient (Wildman–Crippen LogP) is 18.7. The summed E-state index contributed by atoms with van der Waals surface area (Å²) in [6, 6.07) is 84.1. The van der Waals surface area contributed by atoms with Gasteiger partial charge in [-0.25, -0.2) is 0 Å². The highest BCUT2D eigenvalue weighted by Gasteiger charge is 2.53. The van der Waals surface area contributed by atoms with E-state index in [-0.39, 0.29) is 29.0 Å². The summed E-state index contributed by atoms with van der Waals surface area (Å²) >= 11 is 0. The first-order chi connectivity index (χ1) is 37.4. The second-order valence-corrected chi connectivity index (χ2v) is 25.6. The average molecular weight is 1010 g/mol. The van der Waals surface area contributed by atoms with Crippen LogP contribution in [0.4, 0.5) is 45.5 Å². The normalized spacial score (nSPS) is 14.2. The van der Waals surface area contributed by atoms with Crippen molar-refractivity contribution in [1.82, 2.24) is 0 Å². The fourth-order valence-corrected chi connectivity index (χ4v) is 13.1. The minimum absolute atomic E-state index is 0.0244. The van der Waals surface area contributed by atoms with Gasteiger partial charge in [0.05, 0.1) is 11.1 Å². The Bertz CT molecular complexity index is 3850. The van der Waals surface area contributed by atoms with Crippen molar-refractivity contribution < 1.29 is 0 Å². The van der Waals surface area contributed by atoms with Crippen LogP contribution in [0.3, 0.4) is 0 Å². The van der Waals surface area contributed by atoms with Crippen LogP contribution in [0.2, 0.25) is 0 Å². The van der Waals surface area contributed by atoms with Gasteiger partial charge in [-0.1, -0.05) is 228 Å². The van der Waals surface area contributed by atoms with Crippen LogP contribution in [0, 0.1) is 0 Å². The standard InChI is InChI=1S/C74H70BN3/c1-48(2)51-42-62-61-41-40-59(76(57-36-32-52(33-37-57)71(3,4)5)58-38-34-53(35-39-58)72(6,7)8)47-66(61)78(60-29-20-28-56(46-60)73(9,10)11)75-65-31-21-30-63-70(65)77(68(45-51)69(62)75)67-44-50-23-19-18-22-49(50)43-64(67)74(63,54-24-14-12-15-25-54)55-26-16-13-17-27-55/h12-48H,1-11H3. The highest BCUT2D eigenvalue weighted by molar-refractivity contribution is 6.93. The van der Waals surface area contributed by atoms with E-state index in [1.165, 1.54) is 106 Å². The number of benzene rings is 10. The predicted molar refractivity (Wildman–Crippen MR) is 334 cm³/mol. The SMILES string of the molecule is CC(C)c1cc2c3c(c1)N1c4cc5ccccc5cc4C(c4ccccc4)(c4ccccc4)c4cccc(c41)B3N(c1cccc(C(C)(C)C)c1)c1cc(N(c3ccc(C(C)(C)C)cc3)c3ccc(C(C)(C)C)cc3)ccc1-2. The molecule has 3 aliphatic rings. The number of para-hydroxylation sites is 1. The fourth-order valence-electron chi connectivity index (χ4n) is 13.1. The van der Waals surface area contributed by atoms with E-state index in [0.29, 0.717) is 0 Å². The van der Waals surface area contributed by atoms with Crippen LogP contribution in [0.25, 0.3) is 21.9 Å². The molecule has 0 radical (unpaired) electrons. The Morgan fingerprint density at radius 2 is 0.974 bits per heavy atom. The topological polar surface area (TPSA) is 9.72 Å². The molecular weight excluding hydrogens is 942 g/mol. The van der Waals surface area contributed by atoms with Crippen molar-refractivity contribution in [2.24, 2.45) is 0 Å². The van der Waals surface area contributed by atoms with E-state index in [1.807, 2.05) is 0 Å². The molecule has 0 bridgehead atoms. The summed E-state index contributed by atoms with van der Waals surface area (Å²) in [5.41, 5.74) is 24.3. The molecule has 3 aliphatic heterocycles. The number of rotatable bonds is 7. The van der Waals surface area contributed by atoms with Gasteiger partial charge in [0.2, 0.25) is 0 Å². The highest BCUT2D eigenvalue weighted by Crippen LogP contribution is 2.60. The molecule has 384 valence electrons. The lowest BCUT2D eigenvalue weighted by Crippen LogP contribution is -2.62. The van der Waals surface area contributed by atoms with Crippen LogP contribution >= 0.6 is 0 Å². The number of fused-ring (bicyclic) bond motifs is 7. The molecule has 10 aromatic rings. The van der Waals surface area contributed by atoms with Gasteiger partial charge in [-0.05, 0) is 161 Å². The van der Waals surface area contributed by atoms with Crippen LogP contribution in [0.15, 0.2) is 218 Å². The fraction of sp³-hybridized carbons (Fsp3) is 0.216. The van der Waals surface area contributed by atoms with E-state index in [4.69, 9.17) is 0 Å². The summed E-state index contributed by atoms with van der Waals surface area (Å²) in [6.45, 7) is 25.3. The Morgan fingerprint density at radius 3 is 1.55 bits per heavy atom. The molecule has 0 aromatic heterocycles. The van der Waals surface area contributed by atoms with Crippen LogP contribution in [-0.4, -0.2) is 6.85 Å². The largest absolute Gasteiger partial charge is 0.376 e. The summed E-state index contributed by atoms with van der Waals surface area (Å²) in [7, 11) is 0. The third kappa shape index (κ3) is 7.77. The second kappa shape index (κ2) is 18.0. The van der Waals surface area contributed by atoms with Crippen molar-refractivity contribution in [2.45, 2.75) is 104 Å². The van der Waals surface area contributed by atoms with Gasteiger partial charge < -0.3 is 14.6 Å². The molecule has 78 heavy (non-hydrogen) atoms. The van der Waals surface area contributed by atoms with Gasteiger partial charge in [0, 0.05) is 45.4 Å². The molecule has 0 spiro atoms. The van der Waals surface area contributed by atoms with Gasteiger partial charge in [0.1, 0.15) is 0 Å². The smallest absolute Gasteiger partial charge is 0.333 e. The second-order valence-electron chi connectivity index (χ2n) is 25.6. The molecule has 0 unspecified atom stereocenters. The Kier molecular flexibility index (Phi) is 11.4. The van der Waals surface area contributed by atoms with Crippen molar-refractivity contribution in [3.63, 3.8) is 0 Å². The maximum Gasteiger partial charge on any atom is 0.333 e. The lowest BCUT2D eigenvalue weighted by Gasteiger charge is -2.52. The molecule has 10 aromatic carbocycles. The monoisotopic (exact) mass is 1010 g/mol. The van der Waals surface area contributed by atoms with E-state index in [9.17, 15) is 0 Å². The van der Waals surface area contributed by atoms with Gasteiger partial charge in [0.25, 0.3) is 0 Å². The maximum absolute atomic E-state index is 2.72. The molecule has 0 fully saturated rings. The summed E-state index contributed by atoms with van der Waals surface area (Å²) in [5, 5.41) is 2.46. The van der Waals surface area contributed by atoms with Gasteiger partial charge in [0.15, 0.2) is 0 Å². The van der Waals surface area contributed by atoms with Gasteiger partial charge in [-0.2, -0.15) is 0 Å². The lowest BCUT2D eigenvalue weighted by molar-refractivity contribution is 0.590. The zero-order valence-corrected chi connectivity index (χ0v) is 47.3. The summed E-state index contributed by atoms with van der Waals surface area (Å²) in [4.78, 5) is 7.87. The van der Waals surface area contributed by atoms with Crippen LogP contribution in [0.1, 0.15) is 127 Å². The number of anilines is 8. The molecular formula is C74H70BN3. The molecule has 0 saturated carbocycles. The molecule has 0 saturated heterocycles. The van der Waals surface area contributed by atoms with Gasteiger partial charge in [-0.3, -0.25) is 0 Å². The van der Waals surface area contributed by atoms with Crippen molar-refractivity contribution in [3.8, 4) is 11.1 Å². The van der Waals surface area contributed by atoms with E-state index in [1.54, 1.807) is 0 Å². The third-order valence-electron chi connectivity index (χ3n) is 17.3. The molecule has 3 nitrogen and oxygen atoms in total. The zero-order chi connectivity index (χ0) is 54.0. The lowest BCUT2D eigenvalue weighted by atomic mass is 9.42. The van der Waals surface area contributed by atoms with Crippen LogP contribution in [0.5, 0.6) is 0 Å². The average Bonchev–Trinajstić information content (AvgIpc) is 3.58. The number of nitrogens with zero attached hydrogens (tertiary/aromatic N) is 3. The molecule has 0 amide bonds. The molecule has 13 rings (SSSR count). The highest BCUT2D eigenvalue weighted by atomic mass is 15.2. The first-order valence-corrected chi connectivity index (χ1v) is 28.2. The molecule has 0 aliphatic carbocycles. The summed E-state index contributed by atoms with van der Waals surface area (Å²) < 4.78 is 0. The minimum Gasteiger partial charge on any atom is -0.376 e. The first kappa shape index (κ1) is 49.5. The van der Waals surface area contributed by atoms with Gasteiger partial charge in [-0.15, -0.1) is 0 Å². The third-order valence-corrected chi connectivity index (χ3v) is 17.3. The van der Waals surface area contributed by atoms with Crippen LogP contribution < -0.4 is 25.5 Å². The first-order valence-electron chi connectivity index (χ1n) is 28.2. The van der Waals surface area contributed by atoms with E-state index in [2.05, 4.69) is 309 Å². The van der Waals surface area contributed by atoms with Crippen molar-refractivity contribution in [3.05, 3.63) is 263 Å². The van der Waals surface area contributed by atoms with Crippen LogP contribution in [-0.2, 0) is 21.7 Å². The number of hydrogen-bond acceptors (Lipinski definition) is 3. The molecule has 0 N–H and O–H groups in total. The van der Waals surface area contributed by atoms with Crippen molar-refractivity contribution in [2.75, 3.05) is 14.6 Å². The Balaban J connectivity index is 1.15. The Morgan fingerprint density at radius 1 is 0.423 bits per heavy atom. The Labute approximate surface area is 464 Å². The van der Waals surface area contributed by atoms with E-state index >= 15 is 0 Å². The number of hydrogen-bond donors (Lipinski definition) is 0. The molecule has 4 heteroatoms. The quantitative estimate of drug-likeness (QED) is 0.147. The van der Waals surface area contributed by atoms with Gasteiger partial charge >= 0.3 is 6.85 Å². The zero-order valence-electron chi connectivity index (χ0n) is 47.3. The Hall–Kier alpha value is -8.08. The van der Waals surface area contributed by atoms with Crippen molar-refractivity contribution in [1.29, 1.82) is 0 Å². The van der Waals surface area contributed by atoms with Crippen molar-refractivity contribution >= 4 is 74.0 Å².